The van der Waals surface area contributed by atoms with Crippen LogP contribution in [0, 0.1) is 11.3 Å². The van der Waals surface area contributed by atoms with Crippen molar-refractivity contribution in [2.24, 2.45) is 11.3 Å². The summed E-state index contributed by atoms with van der Waals surface area (Å²) in [5, 5.41) is 3.27. The van der Waals surface area contributed by atoms with Gasteiger partial charge in [0.2, 0.25) is 0 Å². The van der Waals surface area contributed by atoms with Gasteiger partial charge in [0.25, 0.3) is 0 Å². The van der Waals surface area contributed by atoms with Gasteiger partial charge in [0.05, 0.1) is 12.5 Å². The fourth-order valence-electron chi connectivity index (χ4n) is 2.10. The second kappa shape index (κ2) is 2.21. The normalized spacial score (nSPS) is 41.0. The standard InChI is InChI=1S/C8H13NO2/c1-11-7(10)8-2-3-9-5-6(8)4-8/h6,9H,2-5H2,1H3. The van der Waals surface area contributed by atoms with Gasteiger partial charge in [-0.3, -0.25) is 4.79 Å². The lowest BCUT2D eigenvalue weighted by Crippen LogP contribution is -2.34. The van der Waals surface area contributed by atoms with Crippen LogP contribution in [-0.4, -0.2) is 26.2 Å². The third-order valence-electron chi connectivity index (χ3n) is 2.96. The van der Waals surface area contributed by atoms with Crippen molar-refractivity contribution in [3.63, 3.8) is 0 Å². The van der Waals surface area contributed by atoms with Crippen molar-refractivity contribution >= 4 is 5.97 Å². The molecule has 1 heterocycles. The van der Waals surface area contributed by atoms with E-state index in [9.17, 15) is 4.79 Å². The molecule has 0 aromatic rings. The second-order valence-corrected chi connectivity index (χ2v) is 3.50. The third kappa shape index (κ3) is 0.872. The summed E-state index contributed by atoms with van der Waals surface area (Å²) in [4.78, 5) is 11.3. The summed E-state index contributed by atoms with van der Waals surface area (Å²) in [7, 11) is 1.48. The Balaban J connectivity index is 2.07. The number of nitrogens with one attached hydrogen (secondary N) is 1. The molecule has 0 amide bonds. The minimum Gasteiger partial charge on any atom is -0.469 e. The molecule has 3 heteroatoms. The number of rotatable bonds is 1. The summed E-state index contributed by atoms with van der Waals surface area (Å²) in [5.41, 5.74) is -0.0694. The molecule has 2 fully saturated rings. The topological polar surface area (TPSA) is 38.3 Å². The molecule has 0 aromatic heterocycles. The van der Waals surface area contributed by atoms with Gasteiger partial charge in [0.15, 0.2) is 0 Å². The average Bonchev–Trinajstić information content (AvgIpc) is 2.78. The molecule has 2 rings (SSSR count). The molecule has 2 atom stereocenters. The number of carbonyl (C=O) groups excluding carboxylic acids is 1. The van der Waals surface area contributed by atoms with Crippen LogP contribution < -0.4 is 5.32 Å². The fraction of sp³-hybridized carbons (Fsp3) is 0.875. The first-order valence-corrected chi connectivity index (χ1v) is 4.09. The van der Waals surface area contributed by atoms with Crippen LogP contribution in [0.4, 0.5) is 0 Å². The first-order chi connectivity index (χ1) is 5.29. The Morgan fingerprint density at radius 1 is 1.73 bits per heavy atom. The molecule has 0 spiro atoms. The molecule has 3 nitrogen and oxygen atoms in total. The van der Waals surface area contributed by atoms with E-state index in [0.29, 0.717) is 5.92 Å². The van der Waals surface area contributed by atoms with Crippen LogP contribution in [0.25, 0.3) is 0 Å². The van der Waals surface area contributed by atoms with E-state index >= 15 is 0 Å². The minimum absolute atomic E-state index is 0.00370. The summed E-state index contributed by atoms with van der Waals surface area (Å²) in [6.07, 6.45) is 2.00. The van der Waals surface area contributed by atoms with Crippen LogP contribution in [0.2, 0.25) is 0 Å². The smallest absolute Gasteiger partial charge is 0.312 e. The molecule has 0 aromatic carbocycles. The van der Waals surface area contributed by atoms with Gasteiger partial charge < -0.3 is 10.1 Å². The third-order valence-corrected chi connectivity index (χ3v) is 2.96. The monoisotopic (exact) mass is 155 g/mol. The molecule has 2 unspecified atom stereocenters. The summed E-state index contributed by atoms with van der Waals surface area (Å²) in [5.74, 6) is 0.563. The van der Waals surface area contributed by atoms with Gasteiger partial charge in [0, 0.05) is 0 Å². The Morgan fingerprint density at radius 2 is 2.55 bits per heavy atom. The molecule has 0 radical (unpaired) electrons. The lowest BCUT2D eigenvalue weighted by atomic mass is 9.97. The summed E-state index contributed by atoms with van der Waals surface area (Å²) < 4.78 is 4.77. The van der Waals surface area contributed by atoms with Crippen LogP contribution in [0.3, 0.4) is 0 Å². The van der Waals surface area contributed by atoms with Crippen LogP contribution >= 0.6 is 0 Å². The van der Waals surface area contributed by atoms with Gasteiger partial charge in [0.1, 0.15) is 0 Å². The molecule has 1 saturated heterocycles. The van der Waals surface area contributed by atoms with E-state index in [0.717, 1.165) is 25.9 Å². The molecule has 11 heavy (non-hydrogen) atoms. The van der Waals surface area contributed by atoms with Crippen LogP contribution in [0.5, 0.6) is 0 Å². The summed E-state index contributed by atoms with van der Waals surface area (Å²) >= 11 is 0. The fourth-order valence-corrected chi connectivity index (χ4v) is 2.10. The lowest BCUT2D eigenvalue weighted by Gasteiger charge is -2.19. The van der Waals surface area contributed by atoms with E-state index in [2.05, 4.69) is 5.32 Å². The van der Waals surface area contributed by atoms with E-state index < -0.39 is 0 Å². The quantitative estimate of drug-likeness (QED) is 0.548. The maximum atomic E-state index is 11.3. The van der Waals surface area contributed by atoms with Gasteiger partial charge in [-0.2, -0.15) is 0 Å². The molecule has 1 N–H and O–H groups in total. The molecule has 1 aliphatic carbocycles. The van der Waals surface area contributed by atoms with Gasteiger partial charge in [-0.15, -0.1) is 0 Å². The van der Waals surface area contributed by atoms with E-state index in [1.54, 1.807) is 0 Å². The molecule has 1 saturated carbocycles. The molecular weight excluding hydrogens is 142 g/mol. The van der Waals surface area contributed by atoms with Crippen LogP contribution in [-0.2, 0) is 9.53 Å². The van der Waals surface area contributed by atoms with E-state index in [1.807, 2.05) is 0 Å². The summed E-state index contributed by atoms with van der Waals surface area (Å²) in [6.45, 7) is 1.96. The number of carbonyl (C=O) groups is 1. The Kier molecular flexibility index (Phi) is 1.42. The van der Waals surface area contributed by atoms with Crippen molar-refractivity contribution in [3.8, 4) is 0 Å². The van der Waals surface area contributed by atoms with E-state index in [4.69, 9.17) is 4.74 Å². The number of esters is 1. The number of methoxy groups -OCH3 is 1. The first-order valence-electron chi connectivity index (χ1n) is 4.09. The van der Waals surface area contributed by atoms with Gasteiger partial charge in [-0.05, 0) is 31.8 Å². The number of ether oxygens (including phenoxy) is 1. The highest BCUT2D eigenvalue weighted by molar-refractivity contribution is 5.80. The van der Waals surface area contributed by atoms with Crippen molar-refractivity contribution in [3.05, 3.63) is 0 Å². The van der Waals surface area contributed by atoms with Crippen LogP contribution in [0.15, 0.2) is 0 Å². The summed E-state index contributed by atoms with van der Waals surface area (Å²) in [6, 6.07) is 0. The van der Waals surface area contributed by atoms with Crippen LogP contribution in [0.1, 0.15) is 12.8 Å². The van der Waals surface area contributed by atoms with E-state index in [1.165, 1.54) is 7.11 Å². The molecular formula is C8H13NO2. The van der Waals surface area contributed by atoms with Gasteiger partial charge in [-0.1, -0.05) is 0 Å². The van der Waals surface area contributed by atoms with E-state index in [-0.39, 0.29) is 11.4 Å². The highest BCUT2D eigenvalue weighted by Crippen LogP contribution is 2.56. The molecule has 0 bridgehead atoms. The zero-order valence-corrected chi connectivity index (χ0v) is 6.72. The highest BCUT2D eigenvalue weighted by atomic mass is 16.5. The molecule has 1 aliphatic heterocycles. The predicted octanol–water partition coefficient (Wildman–Crippen LogP) is 0.159. The van der Waals surface area contributed by atoms with Crippen molar-refractivity contribution < 1.29 is 9.53 Å². The van der Waals surface area contributed by atoms with Crippen molar-refractivity contribution in [2.75, 3.05) is 20.2 Å². The number of fused-ring (bicyclic) bond motifs is 1. The van der Waals surface area contributed by atoms with Crippen molar-refractivity contribution in [2.45, 2.75) is 12.8 Å². The zero-order valence-electron chi connectivity index (χ0n) is 6.72. The Hall–Kier alpha value is -0.570. The number of hydrogen-bond acceptors (Lipinski definition) is 3. The van der Waals surface area contributed by atoms with Gasteiger partial charge in [-0.25, -0.2) is 0 Å². The maximum absolute atomic E-state index is 11.3. The Labute approximate surface area is 66.1 Å². The maximum Gasteiger partial charge on any atom is 0.312 e. The van der Waals surface area contributed by atoms with Gasteiger partial charge >= 0.3 is 5.97 Å². The number of hydrogen-bond donors (Lipinski definition) is 1. The average molecular weight is 155 g/mol. The molecule has 2 aliphatic rings. The van der Waals surface area contributed by atoms with Crippen molar-refractivity contribution in [1.82, 2.24) is 5.32 Å². The zero-order chi connectivity index (χ0) is 7.90. The Morgan fingerprint density at radius 3 is 3.18 bits per heavy atom. The first kappa shape index (κ1) is 7.10. The largest absolute Gasteiger partial charge is 0.469 e. The molecule has 62 valence electrons. The second-order valence-electron chi connectivity index (χ2n) is 3.50. The van der Waals surface area contributed by atoms with Crippen molar-refractivity contribution in [1.29, 1.82) is 0 Å². The SMILES string of the molecule is COC(=O)C12CCNCC1C2. The highest BCUT2D eigenvalue weighted by Gasteiger charge is 2.61. The minimum atomic E-state index is -0.0694. The Bertz CT molecular complexity index is 193. The predicted molar refractivity (Wildman–Crippen MR) is 40.0 cm³/mol. The lowest BCUT2D eigenvalue weighted by molar-refractivity contribution is -0.148. The number of piperidine rings is 1.